The van der Waals surface area contributed by atoms with Crippen molar-refractivity contribution in [2.75, 3.05) is 0 Å². The van der Waals surface area contributed by atoms with Crippen LogP contribution in [0, 0.1) is 11.3 Å². The lowest BCUT2D eigenvalue weighted by molar-refractivity contribution is 1.08. The average molecular weight is 234 g/mol. The number of hydrogen-bond acceptors (Lipinski definition) is 3. The van der Waals surface area contributed by atoms with Crippen LogP contribution in [-0.4, -0.2) is 15.2 Å². The monoisotopic (exact) mass is 234 g/mol. The number of fused-ring (bicyclic) bond motifs is 1. The molecule has 2 heterocycles. The van der Waals surface area contributed by atoms with Crippen molar-refractivity contribution in [3.63, 3.8) is 0 Å². The minimum Gasteiger partial charge on any atom is -0.276 e. The van der Waals surface area contributed by atoms with Gasteiger partial charge in [0.1, 0.15) is 6.07 Å². The summed E-state index contributed by atoms with van der Waals surface area (Å²) in [5, 5.41) is 16.8. The molecule has 2 aromatic heterocycles. The van der Waals surface area contributed by atoms with Crippen LogP contribution in [0.5, 0.6) is 0 Å². The zero-order valence-electron chi connectivity index (χ0n) is 9.59. The maximum absolute atomic E-state index is 8.96. The minimum atomic E-state index is 0.443. The normalized spacial score (nSPS) is 10.4. The summed E-state index contributed by atoms with van der Waals surface area (Å²) in [6.45, 7) is 0. The molecule has 0 bridgehead atoms. The van der Waals surface area contributed by atoms with E-state index in [0.717, 1.165) is 28.5 Å². The first kappa shape index (κ1) is 10.5. The Balaban J connectivity index is 2.08. The summed E-state index contributed by atoms with van der Waals surface area (Å²) >= 11 is 0. The van der Waals surface area contributed by atoms with Crippen LogP contribution in [-0.2, 0) is 6.42 Å². The fourth-order valence-electron chi connectivity index (χ4n) is 2.06. The smallest absolute Gasteiger partial charge is 0.170 e. The number of H-pyrrole nitrogens is 1. The molecule has 86 valence electrons. The van der Waals surface area contributed by atoms with Crippen molar-refractivity contribution in [3.05, 3.63) is 59.5 Å². The number of rotatable bonds is 2. The highest BCUT2D eigenvalue weighted by atomic mass is 15.1. The molecule has 0 fully saturated rings. The van der Waals surface area contributed by atoms with Crippen LogP contribution < -0.4 is 0 Å². The van der Waals surface area contributed by atoms with E-state index in [1.807, 2.05) is 36.5 Å². The molecule has 3 rings (SSSR count). The topological polar surface area (TPSA) is 65.4 Å². The van der Waals surface area contributed by atoms with Gasteiger partial charge in [-0.2, -0.15) is 10.4 Å². The number of nitriles is 1. The average Bonchev–Trinajstić information content (AvgIpc) is 2.84. The van der Waals surface area contributed by atoms with Gasteiger partial charge in [-0.3, -0.25) is 10.1 Å². The van der Waals surface area contributed by atoms with Crippen LogP contribution in [0.25, 0.3) is 10.9 Å². The van der Waals surface area contributed by atoms with Gasteiger partial charge in [-0.25, -0.2) is 0 Å². The van der Waals surface area contributed by atoms with Crippen molar-refractivity contribution in [2.45, 2.75) is 6.42 Å². The molecule has 0 aliphatic carbocycles. The third-order valence-corrected chi connectivity index (χ3v) is 2.91. The van der Waals surface area contributed by atoms with E-state index in [9.17, 15) is 0 Å². The number of hydrogen-bond donors (Lipinski definition) is 1. The molecular formula is C14H10N4. The lowest BCUT2D eigenvalue weighted by Crippen LogP contribution is -1.90. The molecule has 0 unspecified atom stereocenters. The van der Waals surface area contributed by atoms with E-state index >= 15 is 0 Å². The maximum Gasteiger partial charge on any atom is 0.170 e. The van der Waals surface area contributed by atoms with Crippen LogP contribution in [0.2, 0.25) is 0 Å². The summed E-state index contributed by atoms with van der Waals surface area (Å²) in [4.78, 5) is 4.10. The Morgan fingerprint density at radius 3 is 2.94 bits per heavy atom. The highest BCUT2D eigenvalue weighted by molar-refractivity contribution is 5.86. The van der Waals surface area contributed by atoms with Crippen LogP contribution in [0.3, 0.4) is 0 Å². The maximum atomic E-state index is 8.96. The quantitative estimate of drug-likeness (QED) is 0.740. The summed E-state index contributed by atoms with van der Waals surface area (Å²) < 4.78 is 0. The predicted molar refractivity (Wildman–Crippen MR) is 67.9 cm³/mol. The SMILES string of the molecule is N#Cc1n[nH]c2c(Cc3cccnc3)cccc12. The van der Waals surface area contributed by atoms with Crippen molar-refractivity contribution >= 4 is 10.9 Å². The Hall–Kier alpha value is -2.67. The van der Waals surface area contributed by atoms with Gasteiger partial charge in [0.15, 0.2) is 5.69 Å². The van der Waals surface area contributed by atoms with Gasteiger partial charge < -0.3 is 0 Å². The molecule has 0 aliphatic heterocycles. The molecule has 4 nitrogen and oxygen atoms in total. The second-order valence-corrected chi connectivity index (χ2v) is 4.06. The largest absolute Gasteiger partial charge is 0.276 e. The van der Waals surface area contributed by atoms with Crippen LogP contribution in [0.15, 0.2) is 42.7 Å². The molecule has 0 radical (unpaired) electrons. The summed E-state index contributed by atoms with van der Waals surface area (Å²) in [6, 6.07) is 11.9. The Kier molecular flexibility index (Phi) is 2.50. The van der Waals surface area contributed by atoms with Gasteiger partial charge >= 0.3 is 0 Å². The number of nitrogens with zero attached hydrogens (tertiary/aromatic N) is 3. The predicted octanol–water partition coefficient (Wildman–Crippen LogP) is 2.42. The lowest BCUT2D eigenvalue weighted by Gasteiger charge is -2.02. The van der Waals surface area contributed by atoms with Crippen molar-refractivity contribution in [1.29, 1.82) is 5.26 Å². The summed E-state index contributed by atoms with van der Waals surface area (Å²) in [7, 11) is 0. The van der Waals surface area contributed by atoms with Gasteiger partial charge in [0.2, 0.25) is 0 Å². The van der Waals surface area contributed by atoms with E-state index in [1.54, 1.807) is 6.20 Å². The van der Waals surface area contributed by atoms with Crippen LogP contribution in [0.4, 0.5) is 0 Å². The number of benzene rings is 1. The van der Waals surface area contributed by atoms with Crippen molar-refractivity contribution in [1.82, 2.24) is 15.2 Å². The number of aromatic nitrogens is 3. The van der Waals surface area contributed by atoms with E-state index < -0.39 is 0 Å². The van der Waals surface area contributed by atoms with Crippen LogP contribution in [0.1, 0.15) is 16.8 Å². The Morgan fingerprint density at radius 1 is 1.22 bits per heavy atom. The summed E-state index contributed by atoms with van der Waals surface area (Å²) in [5.74, 6) is 0. The first-order chi connectivity index (χ1) is 8.88. The molecule has 0 spiro atoms. The van der Waals surface area contributed by atoms with Crippen molar-refractivity contribution in [3.8, 4) is 6.07 Å². The Morgan fingerprint density at radius 2 is 2.17 bits per heavy atom. The number of pyridine rings is 1. The van der Waals surface area contributed by atoms with Gasteiger partial charge in [0.25, 0.3) is 0 Å². The van der Waals surface area contributed by atoms with Crippen molar-refractivity contribution in [2.24, 2.45) is 0 Å². The number of para-hydroxylation sites is 1. The zero-order valence-corrected chi connectivity index (χ0v) is 9.59. The van der Waals surface area contributed by atoms with Crippen molar-refractivity contribution < 1.29 is 0 Å². The Bertz CT molecular complexity index is 722. The molecule has 0 amide bonds. The molecule has 0 saturated carbocycles. The minimum absolute atomic E-state index is 0.443. The van der Waals surface area contributed by atoms with E-state index in [1.165, 1.54) is 0 Å². The summed E-state index contributed by atoms with van der Waals surface area (Å²) in [5.41, 5.74) is 3.63. The van der Waals surface area contributed by atoms with Gasteiger partial charge in [0, 0.05) is 24.2 Å². The second kappa shape index (κ2) is 4.30. The van der Waals surface area contributed by atoms with Gasteiger partial charge in [-0.15, -0.1) is 0 Å². The highest BCUT2D eigenvalue weighted by Gasteiger charge is 2.08. The standard InChI is InChI=1S/C14H10N4/c15-8-13-12-5-1-4-11(14(12)18-17-13)7-10-3-2-6-16-9-10/h1-6,9H,7H2,(H,17,18). The van der Waals surface area contributed by atoms with Gasteiger partial charge in [0.05, 0.1) is 5.52 Å². The molecule has 3 aromatic rings. The first-order valence-electron chi connectivity index (χ1n) is 5.63. The van der Waals surface area contributed by atoms with Gasteiger partial charge in [-0.05, 0) is 23.3 Å². The van der Waals surface area contributed by atoms with E-state index in [0.29, 0.717) is 5.69 Å². The molecular weight excluding hydrogens is 224 g/mol. The number of aromatic amines is 1. The fraction of sp³-hybridized carbons (Fsp3) is 0.0714. The molecule has 0 aliphatic rings. The molecule has 0 saturated heterocycles. The molecule has 1 N–H and O–H groups in total. The highest BCUT2D eigenvalue weighted by Crippen LogP contribution is 2.21. The van der Waals surface area contributed by atoms with Crippen LogP contribution >= 0.6 is 0 Å². The Labute approximate surface area is 104 Å². The third-order valence-electron chi connectivity index (χ3n) is 2.91. The van der Waals surface area contributed by atoms with E-state index in [2.05, 4.69) is 21.3 Å². The van der Waals surface area contributed by atoms with Gasteiger partial charge in [-0.1, -0.05) is 18.2 Å². The molecule has 1 aromatic carbocycles. The number of nitrogens with one attached hydrogen (secondary N) is 1. The lowest BCUT2D eigenvalue weighted by atomic mass is 10.0. The molecule has 4 heteroatoms. The second-order valence-electron chi connectivity index (χ2n) is 4.06. The first-order valence-corrected chi connectivity index (χ1v) is 5.63. The molecule has 0 atom stereocenters. The fourth-order valence-corrected chi connectivity index (χ4v) is 2.06. The van der Waals surface area contributed by atoms with E-state index in [4.69, 9.17) is 5.26 Å². The third kappa shape index (κ3) is 1.72. The van der Waals surface area contributed by atoms with E-state index in [-0.39, 0.29) is 0 Å². The zero-order chi connectivity index (χ0) is 12.4. The molecule has 18 heavy (non-hydrogen) atoms. The summed E-state index contributed by atoms with van der Waals surface area (Å²) in [6.07, 6.45) is 4.38.